The summed E-state index contributed by atoms with van der Waals surface area (Å²) in [6, 6.07) is 2.79. The third kappa shape index (κ3) is 3.15. The first-order valence-electron chi connectivity index (χ1n) is 5.90. The second kappa shape index (κ2) is 6.25. The van der Waals surface area contributed by atoms with Gasteiger partial charge >= 0.3 is 18.0 Å². The molecule has 0 aliphatic carbocycles. The molecule has 11 heteroatoms. The topological polar surface area (TPSA) is 25.8 Å². The quantitative estimate of drug-likeness (QED) is 0.511. The molecule has 0 fully saturated rings. The van der Waals surface area contributed by atoms with E-state index in [1.165, 1.54) is 0 Å². The van der Waals surface area contributed by atoms with Gasteiger partial charge in [0, 0.05) is 38.5 Å². The van der Waals surface area contributed by atoms with Crippen molar-refractivity contribution in [1.29, 1.82) is 0 Å². The Hall–Kier alpha value is -1.23. The first-order valence-corrected chi connectivity index (χ1v) is 7.48. The lowest BCUT2D eigenvalue weighted by Gasteiger charge is -2.32. The van der Waals surface area contributed by atoms with Crippen molar-refractivity contribution in [2.45, 2.75) is 18.0 Å². The van der Waals surface area contributed by atoms with Crippen molar-refractivity contribution < 1.29 is 30.7 Å². The predicted molar refractivity (Wildman–Crippen MR) is 76.6 cm³/mol. The summed E-state index contributed by atoms with van der Waals surface area (Å²) in [5.74, 6) is 0. The zero-order valence-electron chi connectivity index (χ0n) is 11.1. The molecular formula is C13H4Br2F7N2. The predicted octanol–water partition coefficient (Wildman–Crippen LogP) is 5.76. The molecule has 0 aliphatic rings. The molecule has 1 aromatic heterocycles. The van der Waals surface area contributed by atoms with Gasteiger partial charge in [0.25, 0.3) is 0 Å². The van der Waals surface area contributed by atoms with Crippen LogP contribution in [0.5, 0.6) is 0 Å². The van der Waals surface area contributed by atoms with Gasteiger partial charge in [-0.15, -0.1) is 0 Å². The Labute approximate surface area is 147 Å². The van der Waals surface area contributed by atoms with Gasteiger partial charge in [0.15, 0.2) is 0 Å². The molecule has 0 atom stereocenters. The maximum Gasteiger partial charge on any atom is 0.435 e. The van der Waals surface area contributed by atoms with Crippen molar-refractivity contribution in [3.8, 4) is 11.3 Å². The third-order valence-corrected chi connectivity index (χ3v) is 3.98. The van der Waals surface area contributed by atoms with Crippen LogP contribution in [-0.4, -0.2) is 22.3 Å². The summed E-state index contributed by atoms with van der Waals surface area (Å²) >= 11 is 5.53. The van der Waals surface area contributed by atoms with Crippen molar-refractivity contribution in [3.63, 3.8) is 0 Å². The summed E-state index contributed by atoms with van der Waals surface area (Å²) < 4.78 is 92.3. The largest absolute Gasteiger partial charge is 0.435 e. The molecule has 0 unspecified atom stereocenters. The van der Waals surface area contributed by atoms with E-state index in [0.29, 0.717) is 6.07 Å². The zero-order valence-corrected chi connectivity index (χ0v) is 14.3. The van der Waals surface area contributed by atoms with Crippen LogP contribution in [0.15, 0.2) is 33.6 Å². The van der Waals surface area contributed by atoms with Gasteiger partial charge in [-0.05, 0) is 22.0 Å². The highest BCUT2D eigenvalue weighted by molar-refractivity contribution is 9.11. The molecule has 129 valence electrons. The highest BCUT2D eigenvalue weighted by Gasteiger charge is 2.74. The van der Waals surface area contributed by atoms with E-state index in [2.05, 4.69) is 47.9 Å². The monoisotopic (exact) mass is 479 g/mol. The molecule has 1 radical (unpaired) electrons. The number of aromatic nitrogens is 2. The van der Waals surface area contributed by atoms with E-state index in [1.54, 1.807) is 0 Å². The molecule has 0 N–H and O–H groups in total. The number of hydrogen-bond donors (Lipinski definition) is 0. The molecule has 0 spiro atoms. The van der Waals surface area contributed by atoms with E-state index in [1.807, 2.05) is 0 Å². The Morgan fingerprint density at radius 3 is 1.96 bits per heavy atom. The number of hydrogen-bond acceptors (Lipinski definition) is 2. The van der Waals surface area contributed by atoms with Gasteiger partial charge in [0.2, 0.25) is 0 Å². The molecule has 2 aromatic rings. The van der Waals surface area contributed by atoms with Crippen molar-refractivity contribution >= 4 is 31.9 Å². The Morgan fingerprint density at radius 2 is 1.50 bits per heavy atom. The fourth-order valence-corrected chi connectivity index (χ4v) is 3.26. The smallest absolute Gasteiger partial charge is 0.261 e. The van der Waals surface area contributed by atoms with E-state index < -0.39 is 29.1 Å². The van der Waals surface area contributed by atoms with Crippen LogP contribution in [-0.2, 0) is 5.67 Å². The first kappa shape index (κ1) is 19.1. The third-order valence-electron chi connectivity index (χ3n) is 2.96. The van der Waals surface area contributed by atoms with Gasteiger partial charge < -0.3 is 0 Å². The average Bonchev–Trinajstić information content (AvgIpc) is 2.44. The molecule has 2 rings (SSSR count). The normalized spacial score (nSPS) is 13.2. The van der Waals surface area contributed by atoms with Crippen molar-refractivity contribution in [3.05, 3.63) is 45.2 Å². The fourth-order valence-electron chi connectivity index (χ4n) is 1.94. The molecule has 1 heterocycles. The number of benzene rings is 1. The number of halogens is 9. The minimum Gasteiger partial charge on any atom is -0.261 e. The maximum atomic E-state index is 14.5. The second-order valence-electron chi connectivity index (χ2n) is 4.46. The van der Waals surface area contributed by atoms with Gasteiger partial charge in [0.05, 0.1) is 11.9 Å². The molecule has 0 amide bonds. The highest BCUT2D eigenvalue weighted by atomic mass is 79.9. The van der Waals surface area contributed by atoms with E-state index in [-0.39, 0.29) is 14.6 Å². The van der Waals surface area contributed by atoms with Gasteiger partial charge in [-0.2, -0.15) is 26.3 Å². The van der Waals surface area contributed by atoms with Crippen molar-refractivity contribution in [2.75, 3.05) is 0 Å². The lowest BCUT2D eigenvalue weighted by molar-refractivity contribution is -0.348. The van der Waals surface area contributed by atoms with E-state index in [0.717, 1.165) is 18.6 Å². The van der Waals surface area contributed by atoms with Crippen LogP contribution in [0.1, 0.15) is 5.56 Å². The summed E-state index contributed by atoms with van der Waals surface area (Å²) in [4.78, 5) is 7.23. The summed E-state index contributed by atoms with van der Waals surface area (Å²) in [7, 11) is 0. The Balaban J connectivity index is 2.92. The summed E-state index contributed by atoms with van der Waals surface area (Å²) in [6.07, 6.45) is -9.37. The fraction of sp³-hybridized carbons (Fsp3) is 0.231. The molecular weight excluding hydrogens is 477 g/mol. The van der Waals surface area contributed by atoms with Crippen molar-refractivity contribution in [2.24, 2.45) is 0 Å². The molecule has 0 aliphatic heterocycles. The first-order chi connectivity index (χ1) is 10.9. The van der Waals surface area contributed by atoms with Crippen LogP contribution in [0, 0.1) is 6.07 Å². The van der Waals surface area contributed by atoms with Crippen LogP contribution in [0.2, 0.25) is 0 Å². The molecule has 1 aromatic carbocycles. The number of alkyl halides is 7. The van der Waals surface area contributed by atoms with Gasteiger partial charge in [-0.1, -0.05) is 15.9 Å². The minimum atomic E-state index is -6.25. The van der Waals surface area contributed by atoms with Crippen LogP contribution < -0.4 is 0 Å². The summed E-state index contributed by atoms with van der Waals surface area (Å²) in [5.41, 5.74) is -8.39. The van der Waals surface area contributed by atoms with E-state index >= 15 is 0 Å². The highest BCUT2D eigenvalue weighted by Crippen LogP contribution is 2.56. The number of nitrogens with zero attached hydrogens (tertiary/aromatic N) is 2. The molecule has 2 nitrogen and oxygen atoms in total. The Morgan fingerprint density at radius 1 is 0.917 bits per heavy atom. The van der Waals surface area contributed by atoms with Crippen LogP contribution in [0.3, 0.4) is 0 Å². The van der Waals surface area contributed by atoms with Crippen LogP contribution >= 0.6 is 31.9 Å². The molecule has 0 bridgehead atoms. The van der Waals surface area contributed by atoms with E-state index in [4.69, 9.17) is 0 Å². The Kier molecular flexibility index (Phi) is 4.97. The van der Waals surface area contributed by atoms with Gasteiger partial charge in [-0.25, -0.2) is 4.39 Å². The van der Waals surface area contributed by atoms with Crippen LogP contribution in [0.25, 0.3) is 11.3 Å². The molecule has 0 saturated heterocycles. The van der Waals surface area contributed by atoms with Crippen LogP contribution in [0.4, 0.5) is 30.7 Å². The van der Waals surface area contributed by atoms with Gasteiger partial charge in [-0.3, -0.25) is 9.97 Å². The molecule has 0 saturated carbocycles. The maximum absolute atomic E-state index is 14.5. The average molecular weight is 481 g/mol. The van der Waals surface area contributed by atoms with E-state index in [9.17, 15) is 30.7 Å². The summed E-state index contributed by atoms with van der Waals surface area (Å²) in [5, 5.41) is 0. The second-order valence-corrected chi connectivity index (χ2v) is 6.11. The minimum absolute atomic E-state index is 0.299. The standard InChI is InChI=1S/C13H4Br2F7N2/c14-6-3-7(11(16,12(17,18)19)13(20,21)22)10(8(15)4-6)9-5-23-1-2-24-9/h1-3,5H. The van der Waals surface area contributed by atoms with Gasteiger partial charge in [0.1, 0.15) is 0 Å². The summed E-state index contributed by atoms with van der Waals surface area (Å²) in [6.45, 7) is 0. The Bertz CT molecular complexity index is 730. The zero-order chi connectivity index (χ0) is 18.3. The lowest BCUT2D eigenvalue weighted by Crippen LogP contribution is -2.50. The van der Waals surface area contributed by atoms with Crippen molar-refractivity contribution in [1.82, 2.24) is 9.97 Å². The lowest BCUT2D eigenvalue weighted by atomic mass is 9.88. The SMILES string of the molecule is FC(F)(F)C(F)(c1cc(Br)[c]c(Br)c1-c1cnccn1)C(F)(F)F. The number of rotatable bonds is 2. The molecule has 24 heavy (non-hydrogen) atoms.